The molecule has 16 heavy (non-hydrogen) atoms. The number of aryl methyl sites for hydroxylation is 1. The SMILES string of the molecule is Cn1ncnc1Cn1cnc(Cl)c(I)c1=O. The van der Waals surface area contributed by atoms with Crippen molar-refractivity contribution < 1.29 is 0 Å². The number of halogens is 2. The number of hydrogen-bond acceptors (Lipinski definition) is 4. The maximum atomic E-state index is 11.8. The molecule has 0 aliphatic rings. The predicted molar refractivity (Wildman–Crippen MR) is 66.3 cm³/mol. The summed E-state index contributed by atoms with van der Waals surface area (Å²) in [5, 5.41) is 4.15. The van der Waals surface area contributed by atoms with Crippen LogP contribution < -0.4 is 5.56 Å². The average molecular weight is 352 g/mol. The summed E-state index contributed by atoms with van der Waals surface area (Å²) in [5.74, 6) is 0.682. The van der Waals surface area contributed by atoms with E-state index in [-0.39, 0.29) is 10.7 Å². The molecule has 0 aliphatic carbocycles. The van der Waals surface area contributed by atoms with E-state index in [9.17, 15) is 4.79 Å². The Morgan fingerprint density at radius 1 is 1.50 bits per heavy atom. The molecule has 6 nitrogen and oxygen atoms in total. The number of nitrogens with zero attached hydrogens (tertiary/aromatic N) is 5. The Morgan fingerprint density at radius 3 is 2.88 bits per heavy atom. The fourth-order valence-electron chi connectivity index (χ4n) is 1.17. The van der Waals surface area contributed by atoms with Gasteiger partial charge in [0, 0.05) is 7.05 Å². The van der Waals surface area contributed by atoms with Crippen LogP contribution in [0.3, 0.4) is 0 Å². The van der Waals surface area contributed by atoms with E-state index >= 15 is 0 Å². The van der Waals surface area contributed by atoms with Gasteiger partial charge in [-0.2, -0.15) is 5.10 Å². The van der Waals surface area contributed by atoms with Crippen LogP contribution in [0.25, 0.3) is 0 Å². The second kappa shape index (κ2) is 4.50. The summed E-state index contributed by atoms with van der Waals surface area (Å²) in [7, 11) is 1.77. The van der Waals surface area contributed by atoms with Gasteiger partial charge in [-0.15, -0.1) is 0 Å². The van der Waals surface area contributed by atoms with Gasteiger partial charge in [0.25, 0.3) is 5.56 Å². The Balaban J connectivity index is 2.40. The van der Waals surface area contributed by atoms with Crippen molar-refractivity contribution in [1.29, 1.82) is 0 Å². The monoisotopic (exact) mass is 351 g/mol. The van der Waals surface area contributed by atoms with E-state index in [4.69, 9.17) is 11.6 Å². The molecule has 2 aromatic rings. The van der Waals surface area contributed by atoms with E-state index < -0.39 is 0 Å². The maximum Gasteiger partial charge on any atom is 0.268 e. The Kier molecular flexibility index (Phi) is 3.24. The van der Waals surface area contributed by atoms with Crippen LogP contribution in [0.1, 0.15) is 5.82 Å². The van der Waals surface area contributed by atoms with Crippen molar-refractivity contribution in [1.82, 2.24) is 24.3 Å². The van der Waals surface area contributed by atoms with Gasteiger partial charge in [0.15, 0.2) is 0 Å². The summed E-state index contributed by atoms with van der Waals surface area (Å²) < 4.78 is 3.45. The molecular weight excluding hydrogens is 344 g/mol. The highest BCUT2D eigenvalue weighted by Crippen LogP contribution is 2.09. The third kappa shape index (κ3) is 2.09. The predicted octanol–water partition coefficient (Wildman–Crippen LogP) is 0.678. The molecule has 0 saturated heterocycles. The fourth-order valence-corrected chi connectivity index (χ4v) is 1.75. The molecule has 2 rings (SSSR count). The second-order valence-electron chi connectivity index (χ2n) is 3.08. The highest BCUT2D eigenvalue weighted by molar-refractivity contribution is 14.1. The summed E-state index contributed by atoms with van der Waals surface area (Å²) in [6.45, 7) is 0.329. The van der Waals surface area contributed by atoms with Crippen molar-refractivity contribution in [3.63, 3.8) is 0 Å². The Hall–Kier alpha value is -0.960. The van der Waals surface area contributed by atoms with Gasteiger partial charge in [-0.1, -0.05) is 11.6 Å². The Morgan fingerprint density at radius 2 is 2.25 bits per heavy atom. The van der Waals surface area contributed by atoms with Crippen molar-refractivity contribution in [2.75, 3.05) is 0 Å². The van der Waals surface area contributed by atoms with E-state index in [1.807, 2.05) is 22.6 Å². The topological polar surface area (TPSA) is 65.6 Å². The largest absolute Gasteiger partial charge is 0.291 e. The smallest absolute Gasteiger partial charge is 0.268 e. The van der Waals surface area contributed by atoms with Crippen LogP contribution in [-0.2, 0) is 13.6 Å². The third-order valence-electron chi connectivity index (χ3n) is 2.06. The number of rotatable bonds is 2. The zero-order valence-electron chi connectivity index (χ0n) is 8.26. The third-order valence-corrected chi connectivity index (χ3v) is 3.63. The minimum absolute atomic E-state index is 0.177. The van der Waals surface area contributed by atoms with E-state index in [1.165, 1.54) is 17.2 Å². The normalized spacial score (nSPS) is 10.7. The first kappa shape index (κ1) is 11.5. The minimum Gasteiger partial charge on any atom is -0.291 e. The van der Waals surface area contributed by atoms with Gasteiger partial charge in [-0.3, -0.25) is 14.0 Å². The lowest BCUT2D eigenvalue weighted by Crippen LogP contribution is -2.25. The molecule has 0 amide bonds. The fraction of sp³-hybridized carbons (Fsp3) is 0.250. The molecule has 0 saturated carbocycles. The van der Waals surface area contributed by atoms with Crippen molar-refractivity contribution in [3.05, 3.63) is 37.6 Å². The summed E-state index contributed by atoms with van der Waals surface area (Å²) in [5.41, 5.74) is -0.177. The van der Waals surface area contributed by atoms with Crippen LogP contribution in [0.15, 0.2) is 17.4 Å². The minimum atomic E-state index is -0.177. The van der Waals surface area contributed by atoms with Gasteiger partial charge >= 0.3 is 0 Å². The second-order valence-corrected chi connectivity index (χ2v) is 4.52. The van der Waals surface area contributed by atoms with E-state index in [2.05, 4.69) is 15.1 Å². The van der Waals surface area contributed by atoms with Crippen molar-refractivity contribution in [2.45, 2.75) is 6.54 Å². The summed E-state index contributed by atoms with van der Waals surface area (Å²) in [4.78, 5) is 19.7. The van der Waals surface area contributed by atoms with Gasteiger partial charge in [0.1, 0.15) is 20.9 Å². The van der Waals surface area contributed by atoms with E-state index in [0.29, 0.717) is 15.9 Å². The van der Waals surface area contributed by atoms with Gasteiger partial charge in [0.05, 0.1) is 12.9 Å². The van der Waals surface area contributed by atoms with Gasteiger partial charge in [0.2, 0.25) is 0 Å². The molecular formula is C8H7ClIN5O. The van der Waals surface area contributed by atoms with Gasteiger partial charge in [-0.25, -0.2) is 9.97 Å². The Labute approximate surface area is 109 Å². The van der Waals surface area contributed by atoms with Crippen LogP contribution in [0.2, 0.25) is 5.15 Å². The van der Waals surface area contributed by atoms with Crippen LogP contribution in [0, 0.1) is 3.57 Å². The van der Waals surface area contributed by atoms with Crippen molar-refractivity contribution in [3.8, 4) is 0 Å². The molecule has 0 fully saturated rings. The van der Waals surface area contributed by atoms with Gasteiger partial charge in [-0.05, 0) is 22.6 Å². The van der Waals surface area contributed by atoms with E-state index in [1.54, 1.807) is 11.7 Å². The molecule has 2 heterocycles. The molecule has 0 N–H and O–H groups in total. The number of hydrogen-bond donors (Lipinski definition) is 0. The first-order valence-corrected chi connectivity index (χ1v) is 5.78. The summed E-state index contributed by atoms with van der Waals surface area (Å²) in [6.07, 6.45) is 2.84. The summed E-state index contributed by atoms with van der Waals surface area (Å²) in [6, 6.07) is 0. The first-order valence-electron chi connectivity index (χ1n) is 4.33. The quantitative estimate of drug-likeness (QED) is 0.589. The lowest BCUT2D eigenvalue weighted by molar-refractivity contribution is 0.631. The highest BCUT2D eigenvalue weighted by Gasteiger charge is 2.09. The molecule has 0 unspecified atom stereocenters. The highest BCUT2D eigenvalue weighted by atomic mass is 127. The lowest BCUT2D eigenvalue weighted by Gasteiger charge is -2.05. The molecule has 2 aromatic heterocycles. The Bertz CT molecular complexity index is 578. The first-order chi connectivity index (χ1) is 7.59. The standard InChI is InChI=1S/C8H7ClIN5O/c1-14-5(11-3-13-14)2-15-4-12-7(9)6(10)8(15)16/h3-4H,2H2,1H3. The molecule has 0 atom stereocenters. The van der Waals surface area contributed by atoms with Crippen LogP contribution in [0.4, 0.5) is 0 Å². The zero-order valence-corrected chi connectivity index (χ0v) is 11.2. The lowest BCUT2D eigenvalue weighted by atomic mass is 10.5. The van der Waals surface area contributed by atoms with Crippen LogP contribution >= 0.6 is 34.2 Å². The van der Waals surface area contributed by atoms with Crippen LogP contribution in [0.5, 0.6) is 0 Å². The zero-order chi connectivity index (χ0) is 11.7. The molecule has 8 heteroatoms. The average Bonchev–Trinajstić information content (AvgIpc) is 2.65. The number of aromatic nitrogens is 5. The van der Waals surface area contributed by atoms with Gasteiger partial charge < -0.3 is 0 Å². The molecule has 0 aromatic carbocycles. The molecule has 0 bridgehead atoms. The molecule has 0 radical (unpaired) electrons. The van der Waals surface area contributed by atoms with Crippen molar-refractivity contribution in [2.24, 2.45) is 7.05 Å². The van der Waals surface area contributed by atoms with Crippen molar-refractivity contribution >= 4 is 34.2 Å². The van der Waals surface area contributed by atoms with Crippen LogP contribution in [-0.4, -0.2) is 24.3 Å². The molecule has 84 valence electrons. The summed E-state index contributed by atoms with van der Waals surface area (Å²) >= 11 is 7.61. The van der Waals surface area contributed by atoms with E-state index in [0.717, 1.165) is 0 Å². The maximum absolute atomic E-state index is 11.8. The molecule has 0 spiro atoms. The molecule has 0 aliphatic heterocycles.